The van der Waals surface area contributed by atoms with Crippen LogP contribution < -0.4 is 0 Å². The molecule has 6 unspecified atom stereocenters. The molecule has 0 aromatic heterocycles. The Morgan fingerprint density at radius 3 is 2.73 bits per heavy atom. The third-order valence-electron chi connectivity index (χ3n) is 8.02. The number of alkyl halides is 3. The van der Waals surface area contributed by atoms with Gasteiger partial charge in [0.1, 0.15) is 18.1 Å². The van der Waals surface area contributed by atoms with Crippen LogP contribution in [0.2, 0.25) is 0 Å². The van der Waals surface area contributed by atoms with E-state index in [-0.39, 0.29) is 54.5 Å². The molecule has 2 fully saturated rings. The SMILES string of the molecule is COC1=C(OCC2=C=C=C(C(F)(F)F)CC2)CC2OC(O)C3C=C(C(C)=O)CCC3C23CC13. The maximum absolute atomic E-state index is 12.8. The molecule has 4 aliphatic carbocycles. The van der Waals surface area contributed by atoms with Crippen molar-refractivity contribution >= 4 is 5.78 Å². The number of ketones is 1. The van der Waals surface area contributed by atoms with E-state index < -0.39 is 18.0 Å². The second-order valence-electron chi connectivity index (χ2n) is 9.67. The fraction of sp³-hybridized carbons (Fsp3) is 0.640. The second-order valence-corrected chi connectivity index (χ2v) is 9.67. The van der Waals surface area contributed by atoms with Crippen molar-refractivity contribution in [1.29, 1.82) is 0 Å². The van der Waals surface area contributed by atoms with Gasteiger partial charge in [0.25, 0.3) is 0 Å². The minimum Gasteiger partial charge on any atom is -0.497 e. The molecule has 8 heteroatoms. The van der Waals surface area contributed by atoms with Gasteiger partial charge in [0.05, 0.1) is 18.8 Å². The molecule has 5 rings (SSSR count). The van der Waals surface area contributed by atoms with Gasteiger partial charge in [0.2, 0.25) is 0 Å². The minimum atomic E-state index is -4.37. The number of fused-ring (bicyclic) bond motifs is 1. The predicted molar refractivity (Wildman–Crippen MR) is 110 cm³/mol. The van der Waals surface area contributed by atoms with Crippen molar-refractivity contribution < 1.29 is 37.3 Å². The van der Waals surface area contributed by atoms with E-state index in [1.165, 1.54) is 0 Å². The first kappa shape index (κ1) is 22.5. The van der Waals surface area contributed by atoms with Crippen molar-refractivity contribution in [1.82, 2.24) is 0 Å². The lowest BCUT2D eigenvalue weighted by Gasteiger charge is -2.49. The van der Waals surface area contributed by atoms with Gasteiger partial charge in [0.15, 0.2) is 12.1 Å². The highest BCUT2D eigenvalue weighted by molar-refractivity contribution is 5.93. The molecule has 1 aliphatic heterocycles. The number of carbonyl (C=O) groups is 1. The van der Waals surface area contributed by atoms with Gasteiger partial charge in [-0.15, -0.1) is 0 Å². The Kier molecular flexibility index (Phi) is 5.41. The Labute approximate surface area is 190 Å². The molecule has 6 atom stereocenters. The molecule has 0 aromatic rings. The van der Waals surface area contributed by atoms with Crippen molar-refractivity contribution in [2.24, 2.45) is 23.2 Å². The van der Waals surface area contributed by atoms with Gasteiger partial charge >= 0.3 is 6.18 Å². The summed E-state index contributed by atoms with van der Waals surface area (Å²) in [6.07, 6.45) is -0.778. The summed E-state index contributed by atoms with van der Waals surface area (Å²) >= 11 is 0. The van der Waals surface area contributed by atoms with Crippen LogP contribution >= 0.6 is 0 Å². The molecule has 1 spiro atoms. The van der Waals surface area contributed by atoms with Crippen molar-refractivity contribution in [3.8, 4) is 0 Å². The number of methoxy groups -OCH3 is 1. The van der Waals surface area contributed by atoms with Crippen molar-refractivity contribution in [2.45, 2.75) is 64.0 Å². The predicted octanol–water partition coefficient (Wildman–Crippen LogP) is 4.49. The monoisotopic (exact) mass is 464 g/mol. The first-order valence-electron chi connectivity index (χ1n) is 11.4. The smallest absolute Gasteiger partial charge is 0.420 e. The van der Waals surface area contributed by atoms with Crippen LogP contribution in [-0.4, -0.2) is 43.2 Å². The zero-order valence-electron chi connectivity index (χ0n) is 18.6. The number of hydrogen-bond donors (Lipinski definition) is 1. The van der Waals surface area contributed by atoms with E-state index in [0.29, 0.717) is 24.2 Å². The Balaban J connectivity index is 1.37. The van der Waals surface area contributed by atoms with Crippen LogP contribution in [0.1, 0.15) is 45.4 Å². The van der Waals surface area contributed by atoms with E-state index in [1.54, 1.807) is 14.0 Å². The molecule has 1 saturated carbocycles. The molecule has 0 radical (unpaired) electrons. The highest BCUT2D eigenvalue weighted by Crippen LogP contribution is 2.72. The van der Waals surface area contributed by atoms with Gasteiger partial charge in [-0.2, -0.15) is 13.2 Å². The number of aliphatic hydroxyl groups excluding tert-OH is 1. The Bertz CT molecular complexity index is 1040. The number of halogens is 3. The zero-order chi connectivity index (χ0) is 23.5. The van der Waals surface area contributed by atoms with E-state index in [2.05, 4.69) is 11.5 Å². The number of ether oxygens (including phenoxy) is 3. The van der Waals surface area contributed by atoms with Gasteiger partial charge in [0, 0.05) is 29.2 Å². The normalized spacial score (nSPS) is 37.2. The highest BCUT2D eigenvalue weighted by atomic mass is 19.4. The number of carbonyl (C=O) groups excluding carboxylic acids is 1. The molecule has 178 valence electrons. The quantitative estimate of drug-likeness (QED) is 0.608. The largest absolute Gasteiger partial charge is 0.497 e. The lowest BCUT2D eigenvalue weighted by Crippen LogP contribution is -2.52. The number of Topliss-reactive ketones (excluding diaryl/α,β-unsaturated/α-hetero) is 1. The van der Waals surface area contributed by atoms with Crippen LogP contribution in [-0.2, 0) is 19.0 Å². The van der Waals surface area contributed by atoms with E-state index in [9.17, 15) is 23.1 Å². The second kappa shape index (κ2) is 7.92. The molecule has 5 aliphatic rings. The lowest BCUT2D eigenvalue weighted by molar-refractivity contribution is -0.240. The van der Waals surface area contributed by atoms with Gasteiger partial charge in [-0.3, -0.25) is 4.79 Å². The summed E-state index contributed by atoms with van der Waals surface area (Å²) in [5.41, 5.74) is 5.36. The first-order chi connectivity index (χ1) is 15.6. The van der Waals surface area contributed by atoms with Crippen LogP contribution in [0.25, 0.3) is 0 Å². The molecular formula is C25H27F3O5. The molecule has 1 heterocycles. The average Bonchev–Trinajstić information content (AvgIpc) is 3.53. The number of hydrogen-bond acceptors (Lipinski definition) is 5. The molecule has 33 heavy (non-hydrogen) atoms. The van der Waals surface area contributed by atoms with Crippen LogP contribution in [0.15, 0.2) is 45.8 Å². The molecule has 0 bridgehead atoms. The molecule has 0 amide bonds. The summed E-state index contributed by atoms with van der Waals surface area (Å²) in [5, 5.41) is 10.7. The average molecular weight is 464 g/mol. The summed E-state index contributed by atoms with van der Waals surface area (Å²) in [4.78, 5) is 11.9. The van der Waals surface area contributed by atoms with Crippen molar-refractivity contribution in [2.75, 3.05) is 13.7 Å². The number of aliphatic hydroxyl groups is 1. The van der Waals surface area contributed by atoms with E-state index in [0.717, 1.165) is 24.2 Å². The molecule has 1 N–H and O–H groups in total. The minimum absolute atomic E-state index is 0.0349. The van der Waals surface area contributed by atoms with Crippen molar-refractivity contribution in [3.05, 3.63) is 45.8 Å². The summed E-state index contributed by atoms with van der Waals surface area (Å²) in [5.74, 6) is 1.51. The number of rotatable bonds is 5. The summed E-state index contributed by atoms with van der Waals surface area (Å²) < 4.78 is 56.2. The Hall–Kier alpha value is -2.24. The van der Waals surface area contributed by atoms with Gasteiger partial charge in [-0.25, -0.2) is 0 Å². The number of allylic oxidation sites excluding steroid dienone is 3. The highest BCUT2D eigenvalue weighted by Gasteiger charge is 2.72. The first-order valence-corrected chi connectivity index (χ1v) is 11.4. The zero-order valence-corrected chi connectivity index (χ0v) is 18.6. The Morgan fingerprint density at radius 1 is 1.30 bits per heavy atom. The Morgan fingerprint density at radius 2 is 2.09 bits per heavy atom. The van der Waals surface area contributed by atoms with E-state index >= 15 is 0 Å². The fourth-order valence-corrected chi connectivity index (χ4v) is 6.31. The molecular weight excluding hydrogens is 437 g/mol. The van der Waals surface area contributed by atoms with Gasteiger partial charge in [-0.1, -0.05) is 17.5 Å². The maximum atomic E-state index is 12.8. The van der Waals surface area contributed by atoms with Crippen molar-refractivity contribution in [3.63, 3.8) is 0 Å². The molecule has 5 nitrogen and oxygen atoms in total. The molecule has 1 saturated heterocycles. The third-order valence-corrected chi connectivity index (χ3v) is 8.02. The summed E-state index contributed by atoms with van der Waals surface area (Å²) in [6.45, 7) is 1.67. The van der Waals surface area contributed by atoms with Gasteiger partial charge in [-0.05, 0) is 50.5 Å². The summed E-state index contributed by atoms with van der Waals surface area (Å²) in [6, 6.07) is 0. The lowest BCUT2D eigenvalue weighted by atomic mass is 9.64. The third kappa shape index (κ3) is 3.70. The molecule has 0 aromatic carbocycles. The van der Waals surface area contributed by atoms with Crippen LogP contribution in [0, 0.1) is 23.2 Å². The van der Waals surface area contributed by atoms with Crippen LogP contribution in [0.5, 0.6) is 0 Å². The summed E-state index contributed by atoms with van der Waals surface area (Å²) in [7, 11) is 1.60. The van der Waals surface area contributed by atoms with E-state index in [1.807, 2.05) is 6.08 Å². The maximum Gasteiger partial charge on any atom is 0.420 e. The fourth-order valence-electron chi connectivity index (χ4n) is 6.31. The van der Waals surface area contributed by atoms with Crippen LogP contribution in [0.3, 0.4) is 0 Å². The van der Waals surface area contributed by atoms with Gasteiger partial charge < -0.3 is 19.3 Å². The topological polar surface area (TPSA) is 65.0 Å². The van der Waals surface area contributed by atoms with Crippen LogP contribution in [0.4, 0.5) is 13.2 Å². The van der Waals surface area contributed by atoms with E-state index in [4.69, 9.17) is 14.2 Å². The standard InChI is InChI=1S/C25H27F3O5/c1-13(29)15-5-8-18-17(9-15)23(30)33-21-10-20(22(31-2)19-11-24(18,19)21)32-12-14-3-6-16(7-4-14)25(26,27)28/h9,17-19,21,23,30H,3,5-6,8,10-12H2,1-2H3.